The lowest BCUT2D eigenvalue weighted by Crippen LogP contribution is -2.27. The number of nitrogens with one attached hydrogen (secondary N) is 1. The van der Waals surface area contributed by atoms with Crippen molar-refractivity contribution in [2.24, 2.45) is 10.7 Å². The molecule has 0 spiro atoms. The van der Waals surface area contributed by atoms with Crippen LogP contribution >= 0.6 is 11.3 Å². The molecule has 1 aromatic carbocycles. The van der Waals surface area contributed by atoms with Crippen LogP contribution in [0.5, 0.6) is 0 Å². The third kappa shape index (κ3) is 3.84. The predicted octanol–water partition coefficient (Wildman–Crippen LogP) is 3.76. The van der Waals surface area contributed by atoms with E-state index >= 15 is 0 Å². The molecule has 0 bridgehead atoms. The van der Waals surface area contributed by atoms with E-state index in [0.29, 0.717) is 12.5 Å². The molecule has 0 fully saturated rings. The normalized spacial score (nSPS) is 12.4. The van der Waals surface area contributed by atoms with Crippen LogP contribution in [-0.2, 0) is 5.41 Å². The summed E-state index contributed by atoms with van der Waals surface area (Å²) in [6, 6.07) is 12.3. The van der Waals surface area contributed by atoms with Gasteiger partial charge in [0.25, 0.3) is 0 Å². The number of benzene rings is 1. The maximum absolute atomic E-state index is 5.95. The molecule has 0 saturated heterocycles. The molecule has 0 radical (unpaired) electrons. The van der Waals surface area contributed by atoms with Crippen LogP contribution in [0.15, 0.2) is 46.8 Å². The summed E-state index contributed by atoms with van der Waals surface area (Å²) in [5.41, 5.74) is 8.14. The van der Waals surface area contributed by atoms with Crippen molar-refractivity contribution in [2.75, 3.05) is 11.9 Å². The first kappa shape index (κ1) is 14.6. The molecule has 0 atom stereocenters. The average Bonchev–Trinajstić information content (AvgIpc) is 2.94. The minimum absolute atomic E-state index is 0.00768. The molecular formula is C16H21N3S. The second kappa shape index (κ2) is 6.09. The van der Waals surface area contributed by atoms with Crippen LogP contribution in [0.4, 0.5) is 5.69 Å². The van der Waals surface area contributed by atoms with Gasteiger partial charge in [-0.3, -0.25) is 4.99 Å². The molecule has 3 N–H and O–H groups in total. The summed E-state index contributed by atoms with van der Waals surface area (Å²) in [6.07, 6.45) is 0. The number of anilines is 1. The molecule has 3 nitrogen and oxygen atoms in total. The molecule has 4 heteroatoms. The predicted molar refractivity (Wildman–Crippen MR) is 88.6 cm³/mol. The van der Waals surface area contributed by atoms with E-state index in [9.17, 15) is 0 Å². The lowest BCUT2D eigenvalue weighted by Gasteiger charge is -2.21. The smallest absolute Gasteiger partial charge is 0.193 e. The van der Waals surface area contributed by atoms with Crippen LogP contribution in [0.2, 0.25) is 0 Å². The zero-order valence-electron chi connectivity index (χ0n) is 12.2. The number of nitrogens with zero attached hydrogens (tertiary/aromatic N) is 1. The monoisotopic (exact) mass is 287 g/mol. The fraction of sp³-hybridized carbons (Fsp3) is 0.312. The highest BCUT2D eigenvalue weighted by Gasteiger charge is 2.21. The second-order valence-electron chi connectivity index (χ2n) is 5.55. The zero-order chi connectivity index (χ0) is 14.6. The van der Waals surface area contributed by atoms with Gasteiger partial charge in [-0.25, -0.2) is 0 Å². The minimum Gasteiger partial charge on any atom is -0.370 e. The lowest BCUT2D eigenvalue weighted by molar-refractivity contribution is 0.551. The maximum Gasteiger partial charge on any atom is 0.193 e. The molecule has 1 aromatic heterocycles. The SMILES string of the molecule is Cc1ccc(NC(N)=NCC(C)(C)c2cccs2)cc1. The van der Waals surface area contributed by atoms with Crippen LogP contribution in [0, 0.1) is 6.92 Å². The molecule has 0 amide bonds. The van der Waals surface area contributed by atoms with Gasteiger partial charge >= 0.3 is 0 Å². The first-order valence-corrected chi connectivity index (χ1v) is 7.53. The molecule has 20 heavy (non-hydrogen) atoms. The fourth-order valence-corrected chi connectivity index (χ4v) is 2.69. The fourth-order valence-electron chi connectivity index (χ4n) is 1.85. The van der Waals surface area contributed by atoms with Gasteiger partial charge in [0, 0.05) is 16.0 Å². The number of aryl methyl sites for hydroxylation is 1. The Morgan fingerprint density at radius 1 is 1.25 bits per heavy atom. The summed E-state index contributed by atoms with van der Waals surface area (Å²) < 4.78 is 0. The van der Waals surface area contributed by atoms with Crippen molar-refractivity contribution in [1.82, 2.24) is 0 Å². The number of hydrogen-bond donors (Lipinski definition) is 2. The maximum atomic E-state index is 5.95. The third-order valence-electron chi connectivity index (χ3n) is 3.16. The summed E-state index contributed by atoms with van der Waals surface area (Å²) in [5, 5.41) is 5.21. The minimum atomic E-state index is 0.00768. The number of guanidine groups is 1. The highest BCUT2D eigenvalue weighted by Crippen LogP contribution is 2.27. The molecule has 2 aromatic rings. The Morgan fingerprint density at radius 2 is 1.95 bits per heavy atom. The van der Waals surface area contributed by atoms with Gasteiger partial charge in [0.2, 0.25) is 0 Å². The molecule has 0 saturated carbocycles. The average molecular weight is 287 g/mol. The molecule has 0 unspecified atom stereocenters. The van der Waals surface area contributed by atoms with E-state index in [0.717, 1.165) is 5.69 Å². The summed E-state index contributed by atoms with van der Waals surface area (Å²) in [4.78, 5) is 5.78. The standard InChI is InChI=1S/C16H21N3S/c1-12-6-8-13(9-7-12)19-15(17)18-11-16(2,3)14-5-4-10-20-14/h4-10H,11H2,1-3H3,(H3,17,18,19). The number of thiophene rings is 1. The Labute approximate surface area is 124 Å². The van der Waals surface area contributed by atoms with Crippen LogP contribution in [0.3, 0.4) is 0 Å². The largest absolute Gasteiger partial charge is 0.370 e. The highest BCUT2D eigenvalue weighted by atomic mass is 32.1. The Hall–Kier alpha value is -1.81. The summed E-state index contributed by atoms with van der Waals surface area (Å²) in [7, 11) is 0. The molecule has 1 heterocycles. The van der Waals surface area contributed by atoms with E-state index in [2.05, 4.69) is 48.6 Å². The van der Waals surface area contributed by atoms with E-state index in [1.165, 1.54) is 10.4 Å². The summed E-state index contributed by atoms with van der Waals surface area (Å²) >= 11 is 1.76. The number of rotatable bonds is 4. The van der Waals surface area contributed by atoms with Crippen LogP contribution in [0.1, 0.15) is 24.3 Å². The number of aliphatic imine (C=N–C) groups is 1. The van der Waals surface area contributed by atoms with Gasteiger partial charge in [-0.2, -0.15) is 0 Å². The number of nitrogens with two attached hydrogens (primary N) is 1. The lowest BCUT2D eigenvalue weighted by atomic mass is 9.92. The van der Waals surface area contributed by atoms with Crippen LogP contribution in [0.25, 0.3) is 0 Å². The Bertz CT molecular complexity index is 568. The third-order valence-corrected chi connectivity index (χ3v) is 4.39. The van der Waals surface area contributed by atoms with Crippen molar-refractivity contribution in [1.29, 1.82) is 0 Å². The summed E-state index contributed by atoms with van der Waals surface area (Å²) in [5.74, 6) is 0.457. The van der Waals surface area contributed by atoms with Gasteiger partial charge < -0.3 is 11.1 Å². The van der Waals surface area contributed by atoms with Gasteiger partial charge in [0.15, 0.2) is 5.96 Å². The number of hydrogen-bond acceptors (Lipinski definition) is 2. The highest BCUT2D eigenvalue weighted by molar-refractivity contribution is 7.10. The van der Waals surface area contributed by atoms with Gasteiger partial charge in [-0.1, -0.05) is 37.6 Å². The van der Waals surface area contributed by atoms with Gasteiger partial charge in [-0.05, 0) is 30.5 Å². The molecule has 0 aliphatic heterocycles. The Kier molecular flexibility index (Phi) is 4.45. The molecule has 0 aliphatic rings. The van der Waals surface area contributed by atoms with Crippen molar-refractivity contribution in [2.45, 2.75) is 26.2 Å². The van der Waals surface area contributed by atoms with Crippen LogP contribution in [-0.4, -0.2) is 12.5 Å². The Morgan fingerprint density at radius 3 is 2.55 bits per heavy atom. The topological polar surface area (TPSA) is 50.4 Å². The van der Waals surface area contributed by atoms with E-state index < -0.39 is 0 Å². The van der Waals surface area contributed by atoms with Crippen molar-refractivity contribution in [3.8, 4) is 0 Å². The van der Waals surface area contributed by atoms with Crippen LogP contribution < -0.4 is 11.1 Å². The quantitative estimate of drug-likeness (QED) is 0.664. The van der Waals surface area contributed by atoms with E-state index in [4.69, 9.17) is 5.73 Å². The molecule has 2 rings (SSSR count). The molecule has 0 aliphatic carbocycles. The van der Waals surface area contributed by atoms with E-state index in [-0.39, 0.29) is 5.41 Å². The van der Waals surface area contributed by atoms with Gasteiger partial charge in [-0.15, -0.1) is 11.3 Å². The first-order chi connectivity index (χ1) is 9.47. The molecular weight excluding hydrogens is 266 g/mol. The second-order valence-corrected chi connectivity index (χ2v) is 6.50. The zero-order valence-corrected chi connectivity index (χ0v) is 13.0. The Balaban J connectivity index is 1.99. The van der Waals surface area contributed by atoms with Crippen molar-refractivity contribution in [3.05, 3.63) is 52.2 Å². The van der Waals surface area contributed by atoms with Crippen molar-refractivity contribution >= 4 is 23.0 Å². The van der Waals surface area contributed by atoms with E-state index in [1.54, 1.807) is 11.3 Å². The molecule has 106 valence electrons. The van der Waals surface area contributed by atoms with Gasteiger partial charge in [0.1, 0.15) is 0 Å². The van der Waals surface area contributed by atoms with Gasteiger partial charge in [0.05, 0.1) is 6.54 Å². The van der Waals surface area contributed by atoms with Crippen molar-refractivity contribution in [3.63, 3.8) is 0 Å². The summed E-state index contributed by atoms with van der Waals surface area (Å²) in [6.45, 7) is 7.09. The van der Waals surface area contributed by atoms with Crippen molar-refractivity contribution < 1.29 is 0 Å². The van der Waals surface area contributed by atoms with E-state index in [1.807, 2.05) is 24.3 Å². The first-order valence-electron chi connectivity index (χ1n) is 6.65.